The standard InChI is InChI=1S/C22H31N3O4S/c1-16-8-14-25(15-9-16)30(28,29)20-6-4-17(5-7-20)21(26)23-19-10-12-24(13-11-19)22(27)18-2-3-18/h4-7,16,18-19H,2-3,8-15H2,1H3,(H,23,26). The molecule has 4 rings (SSSR count). The van der Waals surface area contributed by atoms with Gasteiger partial charge in [0.25, 0.3) is 5.91 Å². The largest absolute Gasteiger partial charge is 0.349 e. The minimum Gasteiger partial charge on any atom is -0.349 e. The van der Waals surface area contributed by atoms with Crippen molar-refractivity contribution in [1.82, 2.24) is 14.5 Å². The number of amides is 2. The van der Waals surface area contributed by atoms with Gasteiger partial charge in [0.1, 0.15) is 0 Å². The fourth-order valence-corrected chi connectivity index (χ4v) is 5.72. The molecule has 7 nitrogen and oxygen atoms in total. The van der Waals surface area contributed by atoms with Gasteiger partial charge in [-0.25, -0.2) is 8.42 Å². The lowest BCUT2D eigenvalue weighted by Gasteiger charge is -2.32. The predicted octanol–water partition coefficient (Wildman–Crippen LogP) is 2.24. The summed E-state index contributed by atoms with van der Waals surface area (Å²) in [5.74, 6) is 0.859. The molecule has 3 aliphatic rings. The van der Waals surface area contributed by atoms with Crippen LogP contribution in [0.3, 0.4) is 0 Å². The summed E-state index contributed by atoms with van der Waals surface area (Å²) < 4.78 is 27.2. The molecule has 2 aliphatic heterocycles. The summed E-state index contributed by atoms with van der Waals surface area (Å²) in [6.45, 7) is 4.62. The molecule has 0 unspecified atom stereocenters. The van der Waals surface area contributed by atoms with Crippen LogP contribution in [0.4, 0.5) is 0 Å². The van der Waals surface area contributed by atoms with Gasteiger partial charge < -0.3 is 10.2 Å². The van der Waals surface area contributed by atoms with Crippen molar-refractivity contribution in [3.05, 3.63) is 29.8 Å². The first kappa shape index (κ1) is 21.3. The Labute approximate surface area is 178 Å². The first-order valence-corrected chi connectivity index (χ1v) is 12.5. The lowest BCUT2D eigenvalue weighted by atomic mass is 10.0. The maximum absolute atomic E-state index is 12.8. The molecule has 0 atom stereocenters. The van der Waals surface area contributed by atoms with Crippen LogP contribution in [-0.2, 0) is 14.8 Å². The molecule has 1 aromatic carbocycles. The van der Waals surface area contributed by atoms with Gasteiger partial charge in [0.2, 0.25) is 15.9 Å². The third kappa shape index (κ3) is 4.70. The molecule has 3 fully saturated rings. The molecule has 0 radical (unpaired) electrons. The first-order chi connectivity index (χ1) is 14.3. The average Bonchev–Trinajstić information content (AvgIpc) is 3.60. The highest BCUT2D eigenvalue weighted by molar-refractivity contribution is 7.89. The molecule has 0 spiro atoms. The van der Waals surface area contributed by atoms with Gasteiger partial charge in [-0.1, -0.05) is 6.92 Å². The highest BCUT2D eigenvalue weighted by Crippen LogP contribution is 2.32. The molecule has 2 saturated heterocycles. The Kier molecular flexibility index (Phi) is 6.16. The Morgan fingerprint density at radius 2 is 1.50 bits per heavy atom. The van der Waals surface area contributed by atoms with Crippen LogP contribution in [0, 0.1) is 11.8 Å². The van der Waals surface area contributed by atoms with E-state index in [2.05, 4.69) is 12.2 Å². The van der Waals surface area contributed by atoms with Crippen molar-refractivity contribution in [3.63, 3.8) is 0 Å². The number of benzene rings is 1. The van der Waals surface area contributed by atoms with Gasteiger partial charge in [0, 0.05) is 43.7 Å². The second-order valence-electron chi connectivity index (χ2n) is 8.96. The Morgan fingerprint density at radius 3 is 2.07 bits per heavy atom. The van der Waals surface area contributed by atoms with Gasteiger partial charge in [-0.15, -0.1) is 0 Å². The molecular formula is C22H31N3O4S. The minimum atomic E-state index is -3.51. The summed E-state index contributed by atoms with van der Waals surface area (Å²) in [4.78, 5) is 26.9. The van der Waals surface area contributed by atoms with Crippen LogP contribution in [0.25, 0.3) is 0 Å². The van der Waals surface area contributed by atoms with Crippen molar-refractivity contribution >= 4 is 21.8 Å². The zero-order valence-electron chi connectivity index (χ0n) is 17.5. The van der Waals surface area contributed by atoms with Crippen molar-refractivity contribution in [1.29, 1.82) is 0 Å². The summed E-state index contributed by atoms with van der Waals surface area (Å²) in [6.07, 6.45) is 5.29. The van der Waals surface area contributed by atoms with E-state index in [9.17, 15) is 18.0 Å². The molecule has 1 N–H and O–H groups in total. The van der Waals surface area contributed by atoms with Crippen LogP contribution in [-0.4, -0.2) is 61.7 Å². The number of carbonyl (C=O) groups excluding carboxylic acids is 2. The van der Waals surface area contributed by atoms with Crippen molar-refractivity contribution in [2.45, 2.75) is 56.4 Å². The molecule has 1 aliphatic carbocycles. The fraction of sp³-hybridized carbons (Fsp3) is 0.636. The lowest BCUT2D eigenvalue weighted by Crippen LogP contribution is -2.47. The third-order valence-electron chi connectivity index (χ3n) is 6.57. The van der Waals surface area contributed by atoms with Gasteiger partial charge in [-0.05, 0) is 68.7 Å². The summed E-state index contributed by atoms with van der Waals surface area (Å²) in [7, 11) is -3.51. The molecule has 0 aromatic heterocycles. The SMILES string of the molecule is CC1CCN(S(=O)(=O)c2ccc(C(=O)NC3CCN(C(=O)C4CC4)CC3)cc2)CC1. The van der Waals surface area contributed by atoms with Crippen LogP contribution in [0.2, 0.25) is 0 Å². The lowest BCUT2D eigenvalue weighted by molar-refractivity contribution is -0.133. The van der Waals surface area contributed by atoms with E-state index in [-0.39, 0.29) is 28.7 Å². The third-order valence-corrected chi connectivity index (χ3v) is 8.48. The molecule has 164 valence electrons. The number of piperidine rings is 2. The van der Waals surface area contributed by atoms with E-state index in [1.165, 1.54) is 12.1 Å². The van der Waals surface area contributed by atoms with E-state index in [1.807, 2.05) is 4.90 Å². The van der Waals surface area contributed by atoms with Crippen LogP contribution in [0.15, 0.2) is 29.2 Å². The molecule has 1 saturated carbocycles. The maximum atomic E-state index is 12.8. The molecule has 2 amide bonds. The number of carbonyl (C=O) groups is 2. The normalized spacial score (nSPS) is 22.1. The molecule has 8 heteroatoms. The molecular weight excluding hydrogens is 402 g/mol. The minimum absolute atomic E-state index is 0.0412. The van der Waals surface area contributed by atoms with E-state index in [0.717, 1.165) is 38.5 Å². The predicted molar refractivity (Wildman–Crippen MR) is 113 cm³/mol. The second-order valence-corrected chi connectivity index (χ2v) is 10.9. The molecule has 2 heterocycles. The van der Waals surface area contributed by atoms with E-state index < -0.39 is 10.0 Å². The van der Waals surface area contributed by atoms with Crippen molar-refractivity contribution in [3.8, 4) is 0 Å². The van der Waals surface area contributed by atoms with Gasteiger partial charge in [-0.3, -0.25) is 9.59 Å². The zero-order chi connectivity index (χ0) is 21.3. The number of hydrogen-bond donors (Lipinski definition) is 1. The average molecular weight is 434 g/mol. The van der Waals surface area contributed by atoms with E-state index in [4.69, 9.17) is 0 Å². The van der Waals surface area contributed by atoms with E-state index >= 15 is 0 Å². The van der Waals surface area contributed by atoms with Crippen LogP contribution in [0.1, 0.15) is 55.8 Å². The molecule has 0 bridgehead atoms. The van der Waals surface area contributed by atoms with Crippen molar-refractivity contribution < 1.29 is 18.0 Å². The van der Waals surface area contributed by atoms with Gasteiger partial charge in [-0.2, -0.15) is 4.31 Å². The van der Waals surface area contributed by atoms with Crippen molar-refractivity contribution in [2.75, 3.05) is 26.2 Å². The number of nitrogens with zero attached hydrogens (tertiary/aromatic N) is 2. The number of rotatable bonds is 5. The highest BCUT2D eigenvalue weighted by atomic mass is 32.2. The maximum Gasteiger partial charge on any atom is 0.251 e. The van der Waals surface area contributed by atoms with Crippen LogP contribution in [0.5, 0.6) is 0 Å². The van der Waals surface area contributed by atoms with E-state index in [1.54, 1.807) is 16.4 Å². The fourth-order valence-electron chi connectivity index (χ4n) is 4.25. The van der Waals surface area contributed by atoms with Crippen LogP contribution < -0.4 is 5.32 Å². The summed E-state index contributed by atoms with van der Waals surface area (Å²) in [6, 6.07) is 6.26. The Hall–Kier alpha value is -1.93. The number of likely N-dealkylation sites (tertiary alicyclic amines) is 1. The van der Waals surface area contributed by atoms with Gasteiger partial charge in [0.15, 0.2) is 0 Å². The Morgan fingerprint density at radius 1 is 0.900 bits per heavy atom. The number of nitrogens with one attached hydrogen (secondary N) is 1. The van der Waals surface area contributed by atoms with Crippen molar-refractivity contribution in [2.24, 2.45) is 11.8 Å². The van der Waals surface area contributed by atoms with Crippen LogP contribution >= 0.6 is 0 Å². The van der Waals surface area contributed by atoms with E-state index in [0.29, 0.717) is 37.7 Å². The quantitative estimate of drug-likeness (QED) is 0.772. The topological polar surface area (TPSA) is 86.8 Å². The highest BCUT2D eigenvalue weighted by Gasteiger charge is 2.35. The smallest absolute Gasteiger partial charge is 0.251 e. The Bertz CT molecular complexity index is 879. The summed E-state index contributed by atoms with van der Waals surface area (Å²) >= 11 is 0. The summed E-state index contributed by atoms with van der Waals surface area (Å²) in [5.41, 5.74) is 0.456. The van der Waals surface area contributed by atoms with Gasteiger partial charge in [0.05, 0.1) is 4.90 Å². The van der Waals surface area contributed by atoms with Gasteiger partial charge >= 0.3 is 0 Å². The summed E-state index contributed by atoms with van der Waals surface area (Å²) in [5, 5.41) is 3.03. The second kappa shape index (κ2) is 8.67. The first-order valence-electron chi connectivity index (χ1n) is 11.0. The molecule has 30 heavy (non-hydrogen) atoms. The molecule has 1 aromatic rings. The monoisotopic (exact) mass is 433 g/mol. The zero-order valence-corrected chi connectivity index (χ0v) is 18.4. The number of sulfonamides is 1. The number of hydrogen-bond acceptors (Lipinski definition) is 4. The Balaban J connectivity index is 1.31.